The molecule has 0 saturated carbocycles. The smallest absolute Gasteiger partial charge is 0.150 e. The first-order valence-electron chi connectivity index (χ1n) is 7.08. The Morgan fingerprint density at radius 2 is 1.57 bits per heavy atom. The zero-order valence-electron chi connectivity index (χ0n) is 11.8. The molecule has 0 bridgehead atoms. The summed E-state index contributed by atoms with van der Waals surface area (Å²) in [6.45, 7) is 2.10. The van der Waals surface area contributed by atoms with Crippen LogP contribution in [0.1, 0.15) is 15.9 Å². The van der Waals surface area contributed by atoms with Crippen LogP contribution >= 0.6 is 0 Å². The van der Waals surface area contributed by atoms with E-state index in [1.165, 1.54) is 21.7 Å². The van der Waals surface area contributed by atoms with Crippen molar-refractivity contribution in [2.24, 2.45) is 0 Å². The van der Waals surface area contributed by atoms with Crippen molar-refractivity contribution < 1.29 is 4.79 Å². The van der Waals surface area contributed by atoms with Gasteiger partial charge in [-0.3, -0.25) is 4.79 Å². The van der Waals surface area contributed by atoms with E-state index in [4.69, 9.17) is 0 Å². The predicted octanol–water partition coefficient (Wildman–Crippen LogP) is 5.27. The van der Waals surface area contributed by atoms with Crippen LogP contribution in [0.4, 0.5) is 0 Å². The summed E-state index contributed by atoms with van der Waals surface area (Å²) in [4.78, 5) is 11.6. The Hall–Kier alpha value is -2.67. The summed E-state index contributed by atoms with van der Waals surface area (Å²) in [5.74, 6) is 0. The maximum absolute atomic E-state index is 11.6. The fourth-order valence-corrected chi connectivity index (χ4v) is 3.29. The van der Waals surface area contributed by atoms with Gasteiger partial charge in [-0.25, -0.2) is 0 Å². The van der Waals surface area contributed by atoms with Gasteiger partial charge < -0.3 is 0 Å². The molecule has 0 radical (unpaired) electrons. The van der Waals surface area contributed by atoms with E-state index in [1.807, 2.05) is 18.2 Å². The molecule has 1 heteroatoms. The van der Waals surface area contributed by atoms with Crippen molar-refractivity contribution in [3.05, 3.63) is 71.8 Å². The Labute approximate surface area is 122 Å². The van der Waals surface area contributed by atoms with Gasteiger partial charge in [0.15, 0.2) is 6.29 Å². The summed E-state index contributed by atoms with van der Waals surface area (Å²) in [5.41, 5.74) is 1.97. The second-order valence-electron chi connectivity index (χ2n) is 5.47. The highest BCUT2D eigenvalue weighted by atomic mass is 16.1. The second kappa shape index (κ2) is 4.42. The highest BCUT2D eigenvalue weighted by molar-refractivity contribution is 6.23. The molecular formula is C20H14O. The largest absolute Gasteiger partial charge is 0.298 e. The van der Waals surface area contributed by atoms with Gasteiger partial charge in [-0.2, -0.15) is 0 Å². The van der Waals surface area contributed by atoms with Crippen molar-refractivity contribution >= 4 is 38.6 Å². The van der Waals surface area contributed by atoms with Crippen LogP contribution in [0, 0.1) is 6.92 Å². The third-order valence-corrected chi connectivity index (χ3v) is 4.23. The maximum atomic E-state index is 11.6. The standard InChI is InChI=1S/C20H14O/c1-13-5-4-7-14-9-10-18-17-8-3-2-6-15(17)11-16(12-21)20(18)19(13)14/h2-12H,1H3. The number of fused-ring (bicyclic) bond motifs is 5. The number of aryl methyl sites for hydroxylation is 1. The van der Waals surface area contributed by atoms with Crippen LogP contribution in [-0.2, 0) is 0 Å². The van der Waals surface area contributed by atoms with E-state index in [0.29, 0.717) is 0 Å². The lowest BCUT2D eigenvalue weighted by atomic mass is 9.91. The molecule has 0 aliphatic heterocycles. The first-order chi connectivity index (χ1) is 10.3. The molecule has 0 spiro atoms. The van der Waals surface area contributed by atoms with Crippen molar-refractivity contribution in [3.63, 3.8) is 0 Å². The van der Waals surface area contributed by atoms with E-state index in [0.717, 1.165) is 28.0 Å². The average Bonchev–Trinajstić information content (AvgIpc) is 2.53. The molecule has 0 heterocycles. The van der Waals surface area contributed by atoms with E-state index < -0.39 is 0 Å². The maximum Gasteiger partial charge on any atom is 0.150 e. The lowest BCUT2D eigenvalue weighted by Crippen LogP contribution is -1.89. The number of hydrogen-bond acceptors (Lipinski definition) is 1. The molecular weight excluding hydrogens is 256 g/mol. The minimum atomic E-state index is 0.767. The normalized spacial score (nSPS) is 11.3. The number of rotatable bonds is 1. The quantitative estimate of drug-likeness (QED) is 0.340. The van der Waals surface area contributed by atoms with Gasteiger partial charge in [-0.05, 0) is 45.5 Å². The van der Waals surface area contributed by atoms with Crippen molar-refractivity contribution in [3.8, 4) is 0 Å². The zero-order valence-corrected chi connectivity index (χ0v) is 11.8. The third-order valence-electron chi connectivity index (χ3n) is 4.23. The van der Waals surface area contributed by atoms with Gasteiger partial charge in [0.25, 0.3) is 0 Å². The molecule has 4 aromatic rings. The average molecular weight is 270 g/mol. The molecule has 0 aliphatic rings. The van der Waals surface area contributed by atoms with E-state index in [2.05, 4.69) is 49.4 Å². The Kier molecular flexibility index (Phi) is 2.55. The minimum Gasteiger partial charge on any atom is -0.298 e. The van der Waals surface area contributed by atoms with Gasteiger partial charge in [0.2, 0.25) is 0 Å². The van der Waals surface area contributed by atoms with Gasteiger partial charge in [0, 0.05) is 10.9 Å². The molecule has 0 aromatic heterocycles. The zero-order chi connectivity index (χ0) is 14.4. The van der Waals surface area contributed by atoms with Gasteiger partial charge in [0.1, 0.15) is 0 Å². The van der Waals surface area contributed by atoms with Crippen LogP contribution in [0.15, 0.2) is 60.7 Å². The van der Waals surface area contributed by atoms with Crippen molar-refractivity contribution in [1.82, 2.24) is 0 Å². The molecule has 0 aliphatic carbocycles. The van der Waals surface area contributed by atoms with Gasteiger partial charge in [-0.1, -0.05) is 54.6 Å². The molecule has 0 amide bonds. The fourth-order valence-electron chi connectivity index (χ4n) is 3.29. The topological polar surface area (TPSA) is 17.1 Å². The molecule has 4 aromatic carbocycles. The molecule has 0 saturated heterocycles. The van der Waals surface area contributed by atoms with E-state index in [9.17, 15) is 4.79 Å². The summed E-state index contributed by atoms with van der Waals surface area (Å²) in [5, 5.41) is 6.89. The van der Waals surface area contributed by atoms with Crippen LogP contribution in [0.5, 0.6) is 0 Å². The van der Waals surface area contributed by atoms with Crippen molar-refractivity contribution in [2.45, 2.75) is 6.92 Å². The third kappa shape index (κ3) is 1.67. The van der Waals surface area contributed by atoms with Crippen LogP contribution in [-0.4, -0.2) is 6.29 Å². The first-order valence-corrected chi connectivity index (χ1v) is 7.08. The van der Waals surface area contributed by atoms with Crippen LogP contribution in [0.2, 0.25) is 0 Å². The second-order valence-corrected chi connectivity index (χ2v) is 5.47. The van der Waals surface area contributed by atoms with Crippen LogP contribution in [0.3, 0.4) is 0 Å². The van der Waals surface area contributed by atoms with Gasteiger partial charge in [0.05, 0.1) is 0 Å². The minimum absolute atomic E-state index is 0.767. The van der Waals surface area contributed by atoms with Gasteiger partial charge in [-0.15, -0.1) is 0 Å². The Morgan fingerprint density at radius 1 is 0.762 bits per heavy atom. The molecule has 0 unspecified atom stereocenters. The van der Waals surface area contributed by atoms with E-state index in [1.54, 1.807) is 0 Å². The molecule has 0 fully saturated rings. The molecule has 1 nitrogen and oxygen atoms in total. The molecule has 0 atom stereocenters. The lowest BCUT2D eigenvalue weighted by molar-refractivity contribution is 0.112. The SMILES string of the molecule is Cc1cccc2ccc3c4ccccc4cc(C=O)c3c12. The van der Waals surface area contributed by atoms with Crippen molar-refractivity contribution in [2.75, 3.05) is 0 Å². The number of aldehydes is 1. The Bertz CT molecular complexity index is 1010. The highest BCUT2D eigenvalue weighted by Crippen LogP contribution is 2.34. The summed E-state index contributed by atoms with van der Waals surface area (Å²) >= 11 is 0. The number of hydrogen-bond donors (Lipinski definition) is 0. The number of carbonyl (C=O) groups excluding carboxylic acids is 1. The van der Waals surface area contributed by atoms with E-state index >= 15 is 0 Å². The summed E-state index contributed by atoms with van der Waals surface area (Å²) in [6.07, 6.45) is 0.973. The Morgan fingerprint density at radius 3 is 2.43 bits per heavy atom. The highest BCUT2D eigenvalue weighted by Gasteiger charge is 2.10. The molecule has 4 rings (SSSR count). The predicted molar refractivity (Wildman–Crippen MR) is 89.1 cm³/mol. The molecule has 100 valence electrons. The van der Waals surface area contributed by atoms with Crippen LogP contribution < -0.4 is 0 Å². The summed E-state index contributed by atoms with van der Waals surface area (Å²) in [7, 11) is 0. The van der Waals surface area contributed by atoms with Crippen molar-refractivity contribution in [1.29, 1.82) is 0 Å². The van der Waals surface area contributed by atoms with E-state index in [-0.39, 0.29) is 0 Å². The first kappa shape index (κ1) is 12.1. The van der Waals surface area contributed by atoms with Crippen LogP contribution in [0.25, 0.3) is 32.3 Å². The summed E-state index contributed by atoms with van der Waals surface area (Å²) in [6, 6.07) is 20.8. The molecule has 0 N–H and O–H groups in total. The van der Waals surface area contributed by atoms with Gasteiger partial charge >= 0.3 is 0 Å². The monoisotopic (exact) mass is 270 g/mol. The fraction of sp³-hybridized carbons (Fsp3) is 0.0500. The Balaban J connectivity index is 2.39. The lowest BCUT2D eigenvalue weighted by Gasteiger charge is -2.12. The molecule has 21 heavy (non-hydrogen) atoms. The number of carbonyl (C=O) groups is 1. The number of benzene rings is 4. The summed E-state index contributed by atoms with van der Waals surface area (Å²) < 4.78 is 0.